The zero-order valence-corrected chi connectivity index (χ0v) is 16.8. The molecule has 1 amide bonds. The van der Waals surface area contributed by atoms with Gasteiger partial charge in [-0.1, -0.05) is 18.2 Å². The van der Waals surface area contributed by atoms with Gasteiger partial charge in [0, 0.05) is 18.2 Å². The number of ether oxygens (including phenoxy) is 1. The van der Waals surface area contributed by atoms with Crippen LogP contribution >= 0.6 is 0 Å². The summed E-state index contributed by atoms with van der Waals surface area (Å²) in [7, 11) is 0. The molecular formula is C22H29N3O3. The lowest BCUT2D eigenvalue weighted by Crippen LogP contribution is -2.31. The smallest absolute Gasteiger partial charge is 0.412 e. The number of carbonyl (C=O) groups is 1. The quantitative estimate of drug-likeness (QED) is 0.815. The normalized spacial score (nSPS) is 17.5. The molecule has 2 aromatic rings. The molecule has 0 radical (unpaired) electrons. The summed E-state index contributed by atoms with van der Waals surface area (Å²) in [6.45, 7) is 7.55. The summed E-state index contributed by atoms with van der Waals surface area (Å²) in [5.41, 5.74) is 3.13. The highest BCUT2D eigenvalue weighted by Crippen LogP contribution is 2.24. The van der Waals surface area contributed by atoms with Crippen LogP contribution in [-0.4, -0.2) is 45.9 Å². The molecule has 1 atom stereocenters. The first-order valence-corrected chi connectivity index (χ1v) is 9.74. The lowest BCUT2D eigenvalue weighted by molar-refractivity contribution is 0.0636. The molecule has 6 nitrogen and oxygen atoms in total. The van der Waals surface area contributed by atoms with E-state index in [0.29, 0.717) is 5.69 Å². The first-order valence-electron chi connectivity index (χ1n) is 9.74. The van der Waals surface area contributed by atoms with E-state index < -0.39 is 11.7 Å². The molecule has 0 aliphatic carbocycles. The molecule has 0 spiro atoms. The Kier molecular flexibility index (Phi) is 6.31. The van der Waals surface area contributed by atoms with Crippen LogP contribution in [0.2, 0.25) is 0 Å². The molecule has 6 heteroatoms. The fourth-order valence-electron chi connectivity index (χ4n) is 3.43. The van der Waals surface area contributed by atoms with E-state index >= 15 is 0 Å². The largest absolute Gasteiger partial charge is 0.444 e. The number of nitrogens with one attached hydrogen (secondary N) is 1. The van der Waals surface area contributed by atoms with Crippen LogP contribution < -0.4 is 5.32 Å². The number of anilines is 1. The predicted octanol–water partition coefficient (Wildman–Crippen LogP) is 4.05. The number of amides is 1. The van der Waals surface area contributed by atoms with Crippen LogP contribution in [0.1, 0.15) is 39.2 Å². The van der Waals surface area contributed by atoms with Crippen molar-refractivity contribution in [2.24, 2.45) is 0 Å². The minimum atomic E-state index is -0.539. The SMILES string of the molecule is CC(C)(C)OC(=O)Nc1ccc(-c2cccc(CN3CCC[C@H]3CO)c2)nc1. The molecule has 28 heavy (non-hydrogen) atoms. The van der Waals surface area contributed by atoms with E-state index in [-0.39, 0.29) is 12.6 Å². The molecule has 0 unspecified atom stereocenters. The van der Waals surface area contributed by atoms with Gasteiger partial charge < -0.3 is 9.84 Å². The van der Waals surface area contributed by atoms with Crippen molar-refractivity contribution in [2.75, 3.05) is 18.5 Å². The average Bonchev–Trinajstić information content (AvgIpc) is 3.08. The highest BCUT2D eigenvalue weighted by atomic mass is 16.6. The first kappa shape index (κ1) is 20.3. The number of carbonyl (C=O) groups excluding carboxylic acids is 1. The van der Waals surface area contributed by atoms with E-state index in [4.69, 9.17) is 4.74 Å². The molecule has 1 aromatic carbocycles. The monoisotopic (exact) mass is 383 g/mol. The van der Waals surface area contributed by atoms with Gasteiger partial charge in [0.15, 0.2) is 0 Å². The van der Waals surface area contributed by atoms with Gasteiger partial charge in [-0.3, -0.25) is 15.2 Å². The van der Waals surface area contributed by atoms with Crippen molar-refractivity contribution in [1.82, 2.24) is 9.88 Å². The van der Waals surface area contributed by atoms with E-state index in [1.165, 1.54) is 5.56 Å². The third-order valence-corrected chi connectivity index (χ3v) is 4.73. The fourth-order valence-corrected chi connectivity index (χ4v) is 3.43. The minimum absolute atomic E-state index is 0.216. The summed E-state index contributed by atoms with van der Waals surface area (Å²) in [4.78, 5) is 18.7. The first-order chi connectivity index (χ1) is 13.3. The molecular weight excluding hydrogens is 354 g/mol. The number of aliphatic hydroxyl groups is 1. The maximum Gasteiger partial charge on any atom is 0.412 e. The second-order valence-corrected chi connectivity index (χ2v) is 8.21. The number of aliphatic hydroxyl groups excluding tert-OH is 1. The highest BCUT2D eigenvalue weighted by molar-refractivity contribution is 5.84. The number of hydrogen-bond donors (Lipinski definition) is 2. The molecule has 1 aliphatic rings. The van der Waals surface area contributed by atoms with Gasteiger partial charge >= 0.3 is 6.09 Å². The molecule has 2 heterocycles. The molecule has 0 saturated carbocycles. The molecule has 150 valence electrons. The molecule has 1 fully saturated rings. The van der Waals surface area contributed by atoms with Gasteiger partial charge in [-0.2, -0.15) is 0 Å². The second-order valence-electron chi connectivity index (χ2n) is 8.21. The van der Waals surface area contributed by atoms with Crippen LogP contribution in [0.3, 0.4) is 0 Å². The highest BCUT2D eigenvalue weighted by Gasteiger charge is 2.23. The van der Waals surface area contributed by atoms with E-state index in [2.05, 4.69) is 27.3 Å². The topological polar surface area (TPSA) is 74.7 Å². The van der Waals surface area contributed by atoms with Gasteiger partial charge in [0.2, 0.25) is 0 Å². The van der Waals surface area contributed by atoms with Gasteiger partial charge in [-0.15, -0.1) is 0 Å². The zero-order chi connectivity index (χ0) is 20.1. The summed E-state index contributed by atoms with van der Waals surface area (Å²) >= 11 is 0. The average molecular weight is 383 g/mol. The van der Waals surface area contributed by atoms with Gasteiger partial charge in [0.1, 0.15) is 5.60 Å². The van der Waals surface area contributed by atoms with E-state index in [1.54, 1.807) is 6.20 Å². The van der Waals surface area contributed by atoms with Gasteiger partial charge in [0.05, 0.1) is 24.2 Å². The van der Waals surface area contributed by atoms with E-state index in [1.807, 2.05) is 45.0 Å². The van der Waals surface area contributed by atoms with Crippen LogP contribution in [0.25, 0.3) is 11.3 Å². The third kappa shape index (κ3) is 5.53. The molecule has 1 aliphatic heterocycles. The zero-order valence-electron chi connectivity index (χ0n) is 16.8. The summed E-state index contributed by atoms with van der Waals surface area (Å²) in [6.07, 6.45) is 3.34. The number of nitrogens with zero attached hydrogens (tertiary/aromatic N) is 2. The lowest BCUT2D eigenvalue weighted by atomic mass is 10.1. The van der Waals surface area contributed by atoms with Crippen molar-refractivity contribution >= 4 is 11.8 Å². The number of benzene rings is 1. The number of likely N-dealkylation sites (tertiary alicyclic amines) is 1. The summed E-state index contributed by atoms with van der Waals surface area (Å²) in [6, 6.07) is 12.3. The van der Waals surface area contributed by atoms with Crippen LogP contribution in [0.4, 0.5) is 10.5 Å². The van der Waals surface area contributed by atoms with Crippen LogP contribution in [-0.2, 0) is 11.3 Å². The van der Waals surface area contributed by atoms with Gasteiger partial charge in [-0.05, 0) is 63.9 Å². The lowest BCUT2D eigenvalue weighted by Gasteiger charge is -2.22. The Labute approximate surface area is 166 Å². The number of hydrogen-bond acceptors (Lipinski definition) is 5. The number of pyridine rings is 1. The molecule has 0 bridgehead atoms. The van der Waals surface area contributed by atoms with Crippen LogP contribution in [0, 0.1) is 0 Å². The Morgan fingerprint density at radius 3 is 2.82 bits per heavy atom. The summed E-state index contributed by atoms with van der Waals surface area (Å²) in [5.74, 6) is 0. The molecule has 1 aromatic heterocycles. The Morgan fingerprint density at radius 2 is 2.14 bits per heavy atom. The van der Waals surface area contributed by atoms with Gasteiger partial charge in [0.25, 0.3) is 0 Å². The van der Waals surface area contributed by atoms with Gasteiger partial charge in [-0.25, -0.2) is 4.79 Å². The Morgan fingerprint density at radius 1 is 1.32 bits per heavy atom. The summed E-state index contributed by atoms with van der Waals surface area (Å²) < 4.78 is 5.25. The second kappa shape index (κ2) is 8.71. The fraction of sp³-hybridized carbons (Fsp3) is 0.455. The van der Waals surface area contributed by atoms with E-state index in [9.17, 15) is 9.90 Å². The van der Waals surface area contributed by atoms with Crippen molar-refractivity contribution in [1.29, 1.82) is 0 Å². The van der Waals surface area contributed by atoms with Crippen molar-refractivity contribution < 1.29 is 14.6 Å². The Bertz CT molecular complexity index is 799. The van der Waals surface area contributed by atoms with E-state index in [0.717, 1.165) is 37.2 Å². The van der Waals surface area contributed by atoms with Crippen molar-refractivity contribution in [3.05, 3.63) is 48.2 Å². The Balaban J connectivity index is 1.66. The van der Waals surface area contributed by atoms with Crippen molar-refractivity contribution in [3.8, 4) is 11.3 Å². The van der Waals surface area contributed by atoms with Crippen LogP contribution in [0.15, 0.2) is 42.6 Å². The number of rotatable bonds is 5. The predicted molar refractivity (Wildman–Crippen MR) is 110 cm³/mol. The maximum absolute atomic E-state index is 11.9. The third-order valence-electron chi connectivity index (χ3n) is 4.73. The maximum atomic E-state index is 11.9. The minimum Gasteiger partial charge on any atom is -0.444 e. The Hall–Kier alpha value is -2.44. The van der Waals surface area contributed by atoms with Crippen LogP contribution in [0.5, 0.6) is 0 Å². The molecule has 2 N–H and O–H groups in total. The van der Waals surface area contributed by atoms with Crippen molar-refractivity contribution in [2.45, 2.75) is 51.8 Å². The summed E-state index contributed by atoms with van der Waals surface area (Å²) in [5, 5.41) is 12.2. The molecule has 1 saturated heterocycles. The standard InChI is InChI=1S/C22H29N3O3/c1-22(2,3)28-21(27)24-18-9-10-20(23-13-18)17-7-4-6-16(12-17)14-25-11-5-8-19(25)15-26/h4,6-7,9-10,12-13,19,26H,5,8,11,14-15H2,1-3H3,(H,24,27)/t19-/m0/s1. The van der Waals surface area contributed by atoms with Crippen molar-refractivity contribution in [3.63, 3.8) is 0 Å². The number of aromatic nitrogens is 1. The molecule has 3 rings (SSSR count).